The van der Waals surface area contributed by atoms with Crippen LogP contribution in [0.15, 0.2) is 65.6 Å². The molecule has 0 saturated heterocycles. The van der Waals surface area contributed by atoms with E-state index in [1.807, 2.05) is 43.3 Å². The van der Waals surface area contributed by atoms with Crippen molar-refractivity contribution in [3.05, 3.63) is 66.2 Å². The van der Waals surface area contributed by atoms with Gasteiger partial charge in [-0.15, -0.1) is 10.2 Å². The Morgan fingerprint density at radius 1 is 0.900 bits per heavy atom. The van der Waals surface area contributed by atoms with Crippen molar-refractivity contribution in [2.24, 2.45) is 0 Å². The molecule has 0 atom stereocenters. The van der Waals surface area contributed by atoms with Crippen molar-refractivity contribution in [2.75, 3.05) is 18.7 Å². The van der Waals surface area contributed by atoms with Gasteiger partial charge in [0, 0.05) is 23.6 Å². The molecule has 4 rings (SSSR count). The number of rotatable bonds is 5. The summed E-state index contributed by atoms with van der Waals surface area (Å²) in [4.78, 5) is 4.77. The van der Waals surface area contributed by atoms with Crippen LogP contribution in [0, 0.1) is 6.92 Å². The Morgan fingerprint density at radius 3 is 2.30 bits per heavy atom. The molecule has 3 aromatic carbocycles. The molecular formula is C22H20N4O3S. The quantitative estimate of drug-likeness (QED) is 0.518. The van der Waals surface area contributed by atoms with Crippen molar-refractivity contribution in [1.82, 2.24) is 15.2 Å². The largest absolute Gasteiger partial charge is 0.496 e. The number of methoxy groups -OCH3 is 1. The van der Waals surface area contributed by atoms with Crippen molar-refractivity contribution in [3.8, 4) is 16.9 Å². The highest BCUT2D eigenvalue weighted by Crippen LogP contribution is 2.35. The fourth-order valence-corrected chi connectivity index (χ4v) is 3.82. The van der Waals surface area contributed by atoms with E-state index in [0.29, 0.717) is 28.4 Å². The van der Waals surface area contributed by atoms with Crippen molar-refractivity contribution in [2.45, 2.75) is 11.8 Å². The van der Waals surface area contributed by atoms with Gasteiger partial charge in [0.1, 0.15) is 11.3 Å². The summed E-state index contributed by atoms with van der Waals surface area (Å²) in [5.74, 6) is 1.00. The molecule has 1 aromatic heterocycles. The summed E-state index contributed by atoms with van der Waals surface area (Å²) < 4.78 is 28.8. The fraction of sp³-hybridized carbons (Fsp3) is 0.136. The Balaban J connectivity index is 1.69. The SMILES string of the molecule is COc1cc2nc(Nc3ccc(S(C)(=O)=O)cc3)nnc2cc1-c1ccccc1C. The number of aromatic nitrogens is 3. The third-order valence-electron chi connectivity index (χ3n) is 4.75. The van der Waals surface area contributed by atoms with E-state index in [0.717, 1.165) is 16.7 Å². The summed E-state index contributed by atoms with van der Waals surface area (Å²) in [5, 5.41) is 11.5. The van der Waals surface area contributed by atoms with Crippen LogP contribution in [0.1, 0.15) is 5.56 Å². The highest BCUT2D eigenvalue weighted by molar-refractivity contribution is 7.90. The van der Waals surface area contributed by atoms with E-state index in [2.05, 4.69) is 20.5 Å². The molecule has 0 amide bonds. The third kappa shape index (κ3) is 3.95. The standard InChI is InChI=1S/C22H20N4O3S/c1-14-6-4-5-7-17(14)18-12-20-19(13-21(18)29-2)24-22(26-25-20)23-15-8-10-16(11-9-15)30(3,27)28/h4-13H,1-3H3,(H,23,24,26). The first kappa shape index (κ1) is 19.8. The van der Waals surface area contributed by atoms with Gasteiger partial charge in [-0.3, -0.25) is 0 Å². The summed E-state index contributed by atoms with van der Waals surface area (Å²) in [6.07, 6.45) is 1.17. The van der Waals surface area contributed by atoms with E-state index in [1.54, 1.807) is 19.2 Å². The van der Waals surface area contributed by atoms with Gasteiger partial charge in [-0.2, -0.15) is 0 Å². The van der Waals surface area contributed by atoms with Gasteiger partial charge in [-0.1, -0.05) is 24.3 Å². The summed E-state index contributed by atoms with van der Waals surface area (Å²) in [6.45, 7) is 2.05. The number of fused-ring (bicyclic) bond motifs is 1. The van der Waals surface area contributed by atoms with Crippen LogP contribution in [-0.2, 0) is 9.84 Å². The highest BCUT2D eigenvalue weighted by Gasteiger charge is 2.13. The molecule has 0 unspecified atom stereocenters. The number of nitrogens with zero attached hydrogens (tertiary/aromatic N) is 3. The zero-order valence-corrected chi connectivity index (χ0v) is 17.6. The molecule has 152 valence electrons. The van der Waals surface area contributed by atoms with Crippen LogP contribution in [0.25, 0.3) is 22.2 Å². The van der Waals surface area contributed by atoms with Gasteiger partial charge in [0.25, 0.3) is 0 Å². The van der Waals surface area contributed by atoms with Crippen molar-refractivity contribution < 1.29 is 13.2 Å². The lowest BCUT2D eigenvalue weighted by Crippen LogP contribution is -2.01. The topological polar surface area (TPSA) is 94.1 Å². The minimum atomic E-state index is -3.24. The maximum atomic E-state index is 11.6. The lowest BCUT2D eigenvalue weighted by atomic mass is 9.99. The van der Waals surface area contributed by atoms with Crippen molar-refractivity contribution >= 4 is 32.5 Å². The molecule has 8 heteroatoms. The number of sulfone groups is 1. The van der Waals surface area contributed by atoms with Crippen molar-refractivity contribution in [3.63, 3.8) is 0 Å². The van der Waals surface area contributed by atoms with E-state index in [9.17, 15) is 8.42 Å². The molecule has 0 radical (unpaired) electrons. The smallest absolute Gasteiger partial charge is 0.247 e. The molecule has 0 aliphatic carbocycles. The molecule has 7 nitrogen and oxygen atoms in total. The summed E-state index contributed by atoms with van der Waals surface area (Å²) in [5.41, 5.74) is 5.06. The second-order valence-electron chi connectivity index (χ2n) is 6.91. The zero-order chi connectivity index (χ0) is 21.3. The van der Waals surface area contributed by atoms with Gasteiger partial charge < -0.3 is 10.1 Å². The predicted octanol–water partition coefficient (Wildman–Crippen LogP) is 4.16. The first-order chi connectivity index (χ1) is 14.3. The molecule has 0 fully saturated rings. The second kappa shape index (κ2) is 7.72. The lowest BCUT2D eigenvalue weighted by Gasteiger charge is -2.12. The fourth-order valence-electron chi connectivity index (χ4n) is 3.19. The van der Waals surface area contributed by atoms with Gasteiger partial charge in [-0.25, -0.2) is 13.4 Å². The van der Waals surface area contributed by atoms with Gasteiger partial charge in [0.2, 0.25) is 5.95 Å². The monoisotopic (exact) mass is 420 g/mol. The molecule has 4 aromatic rings. The number of ether oxygens (including phenoxy) is 1. The number of hydrogen-bond acceptors (Lipinski definition) is 7. The Bertz CT molecular complexity index is 1340. The number of nitrogens with one attached hydrogen (secondary N) is 1. The average Bonchev–Trinajstić information content (AvgIpc) is 2.73. The third-order valence-corrected chi connectivity index (χ3v) is 5.88. The molecule has 0 aliphatic rings. The first-order valence-electron chi connectivity index (χ1n) is 9.21. The lowest BCUT2D eigenvalue weighted by molar-refractivity contribution is 0.417. The van der Waals surface area contributed by atoms with Gasteiger partial charge in [0.15, 0.2) is 9.84 Å². The molecular weight excluding hydrogens is 400 g/mol. The van der Waals surface area contributed by atoms with Crippen LogP contribution < -0.4 is 10.1 Å². The van der Waals surface area contributed by atoms with Gasteiger partial charge in [0.05, 0.1) is 17.5 Å². The maximum Gasteiger partial charge on any atom is 0.247 e. The molecule has 0 bridgehead atoms. The summed E-state index contributed by atoms with van der Waals surface area (Å²) in [6, 6.07) is 18.2. The Hall–Kier alpha value is -3.52. The number of hydrogen-bond donors (Lipinski definition) is 1. The number of anilines is 2. The summed E-state index contributed by atoms with van der Waals surface area (Å²) >= 11 is 0. The average molecular weight is 420 g/mol. The Morgan fingerprint density at radius 2 is 1.63 bits per heavy atom. The van der Waals surface area contributed by atoms with Crippen LogP contribution in [-0.4, -0.2) is 37.0 Å². The van der Waals surface area contributed by atoms with E-state index < -0.39 is 9.84 Å². The van der Waals surface area contributed by atoms with E-state index in [4.69, 9.17) is 4.74 Å². The summed E-state index contributed by atoms with van der Waals surface area (Å²) in [7, 11) is -1.62. The molecule has 30 heavy (non-hydrogen) atoms. The molecule has 1 N–H and O–H groups in total. The molecule has 0 spiro atoms. The van der Waals surface area contributed by atoms with Crippen LogP contribution in [0.2, 0.25) is 0 Å². The molecule has 0 aliphatic heterocycles. The van der Waals surface area contributed by atoms with Crippen LogP contribution in [0.3, 0.4) is 0 Å². The van der Waals surface area contributed by atoms with Crippen LogP contribution in [0.4, 0.5) is 11.6 Å². The minimum Gasteiger partial charge on any atom is -0.496 e. The molecule has 0 saturated carbocycles. The van der Waals surface area contributed by atoms with Crippen LogP contribution >= 0.6 is 0 Å². The Kier molecular flexibility index (Phi) is 5.09. The second-order valence-corrected chi connectivity index (χ2v) is 8.93. The highest BCUT2D eigenvalue weighted by atomic mass is 32.2. The zero-order valence-electron chi connectivity index (χ0n) is 16.7. The van der Waals surface area contributed by atoms with E-state index in [-0.39, 0.29) is 4.90 Å². The van der Waals surface area contributed by atoms with Gasteiger partial charge >= 0.3 is 0 Å². The van der Waals surface area contributed by atoms with Crippen molar-refractivity contribution in [1.29, 1.82) is 0 Å². The van der Waals surface area contributed by atoms with Gasteiger partial charge in [-0.05, 0) is 48.4 Å². The van der Waals surface area contributed by atoms with E-state index in [1.165, 1.54) is 18.4 Å². The minimum absolute atomic E-state index is 0.249. The van der Waals surface area contributed by atoms with Crippen LogP contribution in [0.5, 0.6) is 5.75 Å². The number of benzene rings is 3. The first-order valence-corrected chi connectivity index (χ1v) is 11.1. The Labute approximate surface area is 174 Å². The van der Waals surface area contributed by atoms with E-state index >= 15 is 0 Å². The normalized spacial score (nSPS) is 11.4. The number of aryl methyl sites for hydroxylation is 1. The maximum absolute atomic E-state index is 11.6. The molecule has 1 heterocycles. The predicted molar refractivity (Wildman–Crippen MR) is 117 cm³/mol.